The lowest BCUT2D eigenvalue weighted by Gasteiger charge is -2.21. The van der Waals surface area contributed by atoms with Crippen LogP contribution < -0.4 is 0 Å². The maximum Gasteiger partial charge on any atom is 0.104 e. The summed E-state index contributed by atoms with van der Waals surface area (Å²) < 4.78 is 21.2. The second kappa shape index (κ2) is 10.7. The molecule has 0 aromatic carbocycles. The minimum absolute atomic E-state index is 0.135. The van der Waals surface area contributed by atoms with Crippen molar-refractivity contribution in [3.63, 3.8) is 0 Å². The molecule has 0 aromatic rings. The van der Waals surface area contributed by atoms with Crippen LogP contribution in [0.4, 0.5) is 0 Å². The fourth-order valence-electron chi connectivity index (χ4n) is 2.49. The maximum absolute atomic E-state index is 9.93. The highest BCUT2D eigenvalue weighted by molar-refractivity contribution is 6.37. The van der Waals surface area contributed by atoms with Gasteiger partial charge in [-0.05, 0) is 24.8 Å². The van der Waals surface area contributed by atoms with Crippen LogP contribution in [-0.4, -0.2) is 84.3 Å². The van der Waals surface area contributed by atoms with Gasteiger partial charge < -0.3 is 29.2 Å². The third-order valence-corrected chi connectivity index (χ3v) is 6.72. The monoisotopic (exact) mass is 334 g/mol. The van der Waals surface area contributed by atoms with Crippen molar-refractivity contribution in [2.24, 2.45) is 0 Å². The molecular weight excluding hydrogens is 304 g/mol. The molecule has 0 radical (unpaired) electrons. The molecular formula is C15H30O6Si. The van der Waals surface area contributed by atoms with Crippen LogP contribution >= 0.6 is 0 Å². The van der Waals surface area contributed by atoms with Gasteiger partial charge in [-0.2, -0.15) is 0 Å². The number of aliphatic hydroxyl groups is 2. The fraction of sp³-hybridized carbons (Fsp3) is 1.00. The largest absolute Gasteiger partial charge is 0.394 e. The molecule has 4 atom stereocenters. The lowest BCUT2D eigenvalue weighted by atomic mass is 10.1. The lowest BCUT2D eigenvalue weighted by Crippen LogP contribution is -2.24. The molecule has 0 bridgehead atoms. The molecule has 22 heavy (non-hydrogen) atoms. The van der Waals surface area contributed by atoms with Crippen molar-refractivity contribution in [2.75, 3.05) is 46.2 Å². The van der Waals surface area contributed by atoms with E-state index in [1.165, 1.54) is 0 Å². The molecule has 0 aliphatic carbocycles. The molecule has 2 heterocycles. The molecule has 130 valence electrons. The van der Waals surface area contributed by atoms with Crippen LogP contribution in [0.5, 0.6) is 0 Å². The Bertz CT molecular complexity index is 285. The van der Waals surface area contributed by atoms with Crippen molar-refractivity contribution >= 4 is 9.52 Å². The zero-order valence-corrected chi connectivity index (χ0v) is 14.7. The maximum atomic E-state index is 9.93. The fourth-order valence-corrected chi connectivity index (χ4v) is 4.62. The van der Waals surface area contributed by atoms with Gasteiger partial charge in [0.15, 0.2) is 0 Å². The van der Waals surface area contributed by atoms with E-state index < -0.39 is 15.6 Å². The Labute approximate surface area is 134 Å². The highest BCUT2D eigenvalue weighted by Crippen LogP contribution is 2.20. The lowest BCUT2D eigenvalue weighted by molar-refractivity contribution is 0.0781. The summed E-state index contributed by atoms with van der Waals surface area (Å²) in [5.41, 5.74) is 0.276. The Morgan fingerprint density at radius 2 is 1.64 bits per heavy atom. The minimum atomic E-state index is -0.570. The van der Waals surface area contributed by atoms with Gasteiger partial charge in [0.2, 0.25) is 0 Å². The Balaban J connectivity index is 1.46. The zero-order chi connectivity index (χ0) is 15.6. The van der Waals surface area contributed by atoms with Crippen molar-refractivity contribution in [3.8, 4) is 0 Å². The van der Waals surface area contributed by atoms with Gasteiger partial charge >= 0.3 is 0 Å². The molecule has 2 rings (SSSR count). The van der Waals surface area contributed by atoms with Crippen molar-refractivity contribution in [1.29, 1.82) is 0 Å². The van der Waals surface area contributed by atoms with Gasteiger partial charge in [0, 0.05) is 22.7 Å². The highest BCUT2D eigenvalue weighted by Gasteiger charge is 2.23. The number of epoxide rings is 2. The first-order chi connectivity index (χ1) is 10.8. The second-order valence-corrected chi connectivity index (χ2v) is 8.54. The van der Waals surface area contributed by atoms with Crippen molar-refractivity contribution in [3.05, 3.63) is 0 Å². The first-order valence-electron chi connectivity index (χ1n) is 8.47. The summed E-state index contributed by atoms with van der Waals surface area (Å²) in [5.74, 6) is 0. The third kappa shape index (κ3) is 8.57. The van der Waals surface area contributed by atoms with E-state index in [2.05, 4.69) is 0 Å². The van der Waals surface area contributed by atoms with E-state index in [4.69, 9.17) is 18.9 Å². The summed E-state index contributed by atoms with van der Waals surface area (Å²) >= 11 is 0. The van der Waals surface area contributed by atoms with Crippen LogP contribution in [0.1, 0.15) is 19.3 Å². The van der Waals surface area contributed by atoms with Gasteiger partial charge in [-0.1, -0.05) is 6.04 Å². The van der Waals surface area contributed by atoms with Crippen LogP contribution in [0, 0.1) is 0 Å². The van der Waals surface area contributed by atoms with E-state index in [0.29, 0.717) is 32.0 Å². The van der Waals surface area contributed by atoms with E-state index in [1.54, 1.807) is 0 Å². The number of rotatable bonds is 15. The molecule has 2 N–H and O–H groups in total. The summed E-state index contributed by atoms with van der Waals surface area (Å²) in [7, 11) is -0.404. The van der Waals surface area contributed by atoms with Crippen LogP contribution in [-0.2, 0) is 18.9 Å². The summed E-state index contributed by atoms with van der Waals surface area (Å²) in [6.45, 7) is 4.43. The van der Waals surface area contributed by atoms with Crippen molar-refractivity contribution in [1.82, 2.24) is 0 Å². The molecule has 0 aromatic heterocycles. The van der Waals surface area contributed by atoms with Crippen molar-refractivity contribution < 1.29 is 29.2 Å². The van der Waals surface area contributed by atoms with E-state index in [9.17, 15) is 10.2 Å². The van der Waals surface area contributed by atoms with Gasteiger partial charge in [0.1, 0.15) is 12.2 Å². The number of hydrogen-bond acceptors (Lipinski definition) is 6. The van der Waals surface area contributed by atoms with Crippen molar-refractivity contribution in [2.45, 2.75) is 49.2 Å². The molecule has 0 amide bonds. The number of aliphatic hydroxyl groups excluding tert-OH is 2. The zero-order valence-electron chi connectivity index (χ0n) is 13.3. The summed E-state index contributed by atoms with van der Waals surface area (Å²) in [6.07, 6.45) is 3.01. The summed E-state index contributed by atoms with van der Waals surface area (Å²) in [4.78, 5) is 0. The number of hydrogen-bond donors (Lipinski definition) is 2. The average molecular weight is 334 g/mol. The van der Waals surface area contributed by atoms with Gasteiger partial charge in [0.05, 0.1) is 39.1 Å². The normalized spacial score (nSPS) is 26.5. The molecule has 4 unspecified atom stereocenters. The Hall–Kier alpha value is -0.0231. The molecule has 7 heteroatoms. The number of ether oxygens (including phenoxy) is 4. The highest BCUT2D eigenvalue weighted by atomic mass is 28.2. The Kier molecular flexibility index (Phi) is 8.91. The van der Waals surface area contributed by atoms with E-state index in [0.717, 1.165) is 45.1 Å². The summed E-state index contributed by atoms with van der Waals surface area (Å²) in [6, 6.07) is 1.14. The molecule has 6 nitrogen and oxygen atoms in total. The molecule has 2 saturated heterocycles. The predicted molar refractivity (Wildman–Crippen MR) is 85.2 cm³/mol. The first kappa shape index (κ1) is 18.3. The van der Waals surface area contributed by atoms with Gasteiger partial charge in [0.25, 0.3) is 0 Å². The first-order valence-corrected chi connectivity index (χ1v) is 10.3. The molecule has 2 aliphatic heterocycles. The minimum Gasteiger partial charge on any atom is -0.394 e. The topological polar surface area (TPSA) is 84.0 Å². The smallest absolute Gasteiger partial charge is 0.104 e. The van der Waals surface area contributed by atoms with Gasteiger partial charge in [-0.25, -0.2) is 0 Å². The van der Waals surface area contributed by atoms with Crippen LogP contribution in [0.25, 0.3) is 0 Å². The van der Waals surface area contributed by atoms with Crippen LogP contribution in [0.15, 0.2) is 0 Å². The standard InChI is InChI=1S/C15H30O6Si/c16-7-14(17)15(3-1-4-18-8-12-10-20-12)22-6-2-5-19-9-13-11-21-13/h12-17H,1-11,22H2. The quantitative estimate of drug-likeness (QED) is 0.243. The molecule has 2 aliphatic rings. The Morgan fingerprint density at radius 1 is 1.05 bits per heavy atom. The SMILES string of the molecule is OCC(O)C(CCCOCC1CO1)[SiH2]CCCOCC1CO1. The third-order valence-electron chi connectivity index (χ3n) is 4.12. The molecule has 0 saturated carbocycles. The van der Waals surface area contributed by atoms with Gasteiger partial charge in [-0.3, -0.25) is 0 Å². The van der Waals surface area contributed by atoms with Crippen LogP contribution in [0.2, 0.25) is 11.6 Å². The summed E-state index contributed by atoms with van der Waals surface area (Å²) in [5, 5.41) is 19.1. The molecule has 2 fully saturated rings. The van der Waals surface area contributed by atoms with E-state index in [-0.39, 0.29) is 12.1 Å². The predicted octanol–water partition coefficient (Wildman–Crippen LogP) is -0.284. The van der Waals surface area contributed by atoms with E-state index >= 15 is 0 Å². The Morgan fingerprint density at radius 3 is 2.18 bits per heavy atom. The second-order valence-electron chi connectivity index (χ2n) is 6.21. The van der Waals surface area contributed by atoms with Gasteiger partial charge in [-0.15, -0.1) is 0 Å². The van der Waals surface area contributed by atoms with Crippen LogP contribution in [0.3, 0.4) is 0 Å². The molecule has 0 spiro atoms. The van der Waals surface area contributed by atoms with E-state index in [1.807, 2.05) is 0 Å². The average Bonchev–Trinajstić information content (AvgIpc) is 3.41.